The van der Waals surface area contributed by atoms with Crippen molar-refractivity contribution in [3.63, 3.8) is 0 Å². The van der Waals surface area contributed by atoms with E-state index in [0.717, 1.165) is 36.8 Å². The summed E-state index contributed by atoms with van der Waals surface area (Å²) in [4.78, 5) is 7.25. The zero-order chi connectivity index (χ0) is 21.2. The van der Waals surface area contributed by atoms with Gasteiger partial charge >= 0.3 is 0 Å². The van der Waals surface area contributed by atoms with Crippen molar-refractivity contribution in [3.8, 4) is 0 Å². The van der Waals surface area contributed by atoms with Gasteiger partial charge in [-0.15, -0.1) is 6.58 Å². The molecule has 2 bridgehead atoms. The van der Waals surface area contributed by atoms with E-state index in [1.54, 1.807) is 0 Å². The summed E-state index contributed by atoms with van der Waals surface area (Å²) in [6, 6.07) is 11.7. The van der Waals surface area contributed by atoms with Gasteiger partial charge in [0.1, 0.15) is 0 Å². The maximum absolute atomic E-state index is 5.79. The third-order valence-corrected chi connectivity index (χ3v) is 7.78. The minimum atomic E-state index is 0.137. The Morgan fingerprint density at radius 1 is 1.32 bits per heavy atom. The molecule has 6 atom stereocenters. The highest BCUT2D eigenvalue weighted by Crippen LogP contribution is 2.42. The molecule has 3 N–H and O–H groups in total. The lowest BCUT2D eigenvalue weighted by atomic mass is 9.73. The molecule has 0 spiro atoms. The second kappa shape index (κ2) is 9.23. The van der Waals surface area contributed by atoms with Crippen molar-refractivity contribution >= 4 is 28.2 Å². The molecule has 0 saturated carbocycles. The van der Waals surface area contributed by atoms with Crippen molar-refractivity contribution in [2.45, 2.75) is 43.8 Å². The third kappa shape index (κ3) is 4.34. The highest BCUT2D eigenvalue weighted by molar-refractivity contribution is 7.80. The van der Waals surface area contributed by atoms with Crippen LogP contribution in [-0.4, -0.2) is 53.3 Å². The van der Waals surface area contributed by atoms with Gasteiger partial charge in [-0.2, -0.15) is 0 Å². The first-order valence-corrected chi connectivity index (χ1v) is 12.1. The summed E-state index contributed by atoms with van der Waals surface area (Å²) in [5, 5.41) is 12.7. The smallest absolute Gasteiger partial charge is 0.166 e. The molecule has 1 aromatic heterocycles. The molecule has 2 aromatic rings. The molecular formula is C25H33N5S. The van der Waals surface area contributed by atoms with Crippen LogP contribution >= 0.6 is 12.2 Å². The van der Waals surface area contributed by atoms with E-state index in [0.29, 0.717) is 23.9 Å². The summed E-state index contributed by atoms with van der Waals surface area (Å²) in [5.74, 6) is 1.33. The van der Waals surface area contributed by atoms with Crippen LogP contribution in [0.1, 0.15) is 37.3 Å². The average Bonchev–Trinajstić information content (AvgIpc) is 3.35. The Balaban J connectivity index is 1.41. The number of nitrogens with zero attached hydrogens (tertiary/aromatic N) is 2. The normalized spacial score (nSPS) is 30.8. The van der Waals surface area contributed by atoms with Crippen LogP contribution in [0.5, 0.6) is 0 Å². The van der Waals surface area contributed by atoms with Crippen molar-refractivity contribution < 1.29 is 0 Å². The van der Waals surface area contributed by atoms with Gasteiger partial charge in [-0.25, -0.2) is 0 Å². The standard InChI is InChI=1S/C25H33N5S/c1-2-17-16-30-13-10-18(17)14-23(30)24(29-25(31)28-15-19-6-5-11-26-19)21-9-12-27-22-8-4-3-7-20(21)22/h2-4,7-9,12,17-19,23-24,26H,1,5-6,10-11,13-16H2,(H2,28,29,31)/t17-,18-,19-,23+,24+/m0/s1. The molecule has 164 valence electrons. The van der Waals surface area contributed by atoms with Gasteiger partial charge in [0.05, 0.1) is 11.6 Å². The summed E-state index contributed by atoms with van der Waals surface area (Å²) in [7, 11) is 0. The van der Waals surface area contributed by atoms with Crippen LogP contribution in [0.15, 0.2) is 49.2 Å². The van der Waals surface area contributed by atoms with E-state index in [1.165, 1.54) is 36.6 Å². The number of para-hydroxylation sites is 1. The highest BCUT2D eigenvalue weighted by Gasteiger charge is 2.43. The minimum Gasteiger partial charge on any atom is -0.361 e. The first-order valence-electron chi connectivity index (χ1n) is 11.7. The fraction of sp³-hybridized carbons (Fsp3) is 0.520. The van der Waals surface area contributed by atoms with Crippen LogP contribution < -0.4 is 16.0 Å². The number of piperidine rings is 3. The lowest BCUT2D eigenvalue weighted by molar-refractivity contribution is 0.00430. The SMILES string of the molecule is C=C[C@H]1CN2CC[C@H]1C[C@@H]2[C@H](NC(=S)NC[C@@H]1CCCN1)c1ccnc2ccccc12. The van der Waals surface area contributed by atoms with Crippen molar-refractivity contribution in [3.05, 3.63) is 54.7 Å². The molecule has 0 amide bonds. The Morgan fingerprint density at radius 2 is 2.23 bits per heavy atom. The van der Waals surface area contributed by atoms with E-state index in [-0.39, 0.29) is 6.04 Å². The molecule has 1 aromatic carbocycles. The molecule has 4 aliphatic rings. The zero-order valence-corrected chi connectivity index (χ0v) is 18.9. The van der Waals surface area contributed by atoms with Gasteiger partial charge in [-0.3, -0.25) is 9.88 Å². The number of rotatable bonds is 6. The molecule has 4 saturated heterocycles. The average molecular weight is 436 g/mol. The summed E-state index contributed by atoms with van der Waals surface area (Å²) >= 11 is 5.79. The van der Waals surface area contributed by atoms with E-state index in [1.807, 2.05) is 6.20 Å². The molecule has 6 rings (SSSR count). The molecule has 6 heteroatoms. The Labute approximate surface area is 190 Å². The number of nitrogens with one attached hydrogen (secondary N) is 3. The molecule has 5 heterocycles. The lowest BCUT2D eigenvalue weighted by Gasteiger charge is -2.52. The zero-order valence-electron chi connectivity index (χ0n) is 18.1. The molecule has 31 heavy (non-hydrogen) atoms. The van der Waals surface area contributed by atoms with Crippen molar-refractivity contribution in [1.29, 1.82) is 0 Å². The molecule has 1 unspecified atom stereocenters. The van der Waals surface area contributed by atoms with Crippen molar-refractivity contribution in [1.82, 2.24) is 25.8 Å². The van der Waals surface area contributed by atoms with Crippen LogP contribution in [0.25, 0.3) is 10.9 Å². The summed E-state index contributed by atoms with van der Waals surface area (Å²) < 4.78 is 0. The van der Waals surface area contributed by atoms with Gasteiger partial charge in [0.2, 0.25) is 0 Å². The quantitative estimate of drug-likeness (QED) is 0.478. The fourth-order valence-corrected chi connectivity index (χ4v) is 6.04. The van der Waals surface area contributed by atoms with E-state index in [9.17, 15) is 0 Å². The minimum absolute atomic E-state index is 0.137. The Bertz CT molecular complexity index is 935. The maximum Gasteiger partial charge on any atom is 0.166 e. The topological polar surface area (TPSA) is 52.2 Å². The number of thiocarbonyl (C=S) groups is 1. The van der Waals surface area contributed by atoms with Gasteiger partial charge in [0.15, 0.2) is 5.11 Å². The van der Waals surface area contributed by atoms with E-state index >= 15 is 0 Å². The Hall–Kier alpha value is -2.02. The first-order chi connectivity index (χ1) is 15.2. The van der Waals surface area contributed by atoms with Gasteiger partial charge in [0, 0.05) is 36.8 Å². The van der Waals surface area contributed by atoms with Gasteiger partial charge < -0.3 is 16.0 Å². The number of aromatic nitrogens is 1. The van der Waals surface area contributed by atoms with Crippen LogP contribution in [0.3, 0.4) is 0 Å². The summed E-state index contributed by atoms with van der Waals surface area (Å²) in [6.07, 6.45) is 9.02. The lowest BCUT2D eigenvalue weighted by Crippen LogP contribution is -2.58. The highest BCUT2D eigenvalue weighted by atomic mass is 32.1. The molecule has 0 radical (unpaired) electrons. The Morgan fingerprint density at radius 3 is 3.00 bits per heavy atom. The van der Waals surface area contributed by atoms with Crippen LogP contribution in [0.2, 0.25) is 0 Å². The predicted octanol–water partition coefficient (Wildman–Crippen LogP) is 3.39. The monoisotopic (exact) mass is 435 g/mol. The Kier molecular flexibility index (Phi) is 6.21. The van der Waals surface area contributed by atoms with Crippen LogP contribution in [0, 0.1) is 11.8 Å². The molecular weight excluding hydrogens is 402 g/mol. The van der Waals surface area contributed by atoms with Crippen LogP contribution in [0.4, 0.5) is 0 Å². The predicted molar refractivity (Wildman–Crippen MR) is 131 cm³/mol. The fourth-order valence-electron chi connectivity index (χ4n) is 5.83. The second-order valence-electron chi connectivity index (χ2n) is 9.29. The van der Waals surface area contributed by atoms with E-state index in [2.05, 4.69) is 68.8 Å². The van der Waals surface area contributed by atoms with Gasteiger partial charge in [-0.1, -0.05) is 24.3 Å². The molecule has 0 aliphatic carbocycles. The molecule has 4 aliphatic heterocycles. The van der Waals surface area contributed by atoms with Gasteiger partial charge in [0.25, 0.3) is 0 Å². The largest absolute Gasteiger partial charge is 0.361 e. The molecule has 5 nitrogen and oxygen atoms in total. The van der Waals surface area contributed by atoms with Crippen LogP contribution in [-0.2, 0) is 0 Å². The van der Waals surface area contributed by atoms with E-state index < -0.39 is 0 Å². The number of pyridine rings is 1. The number of benzene rings is 1. The van der Waals surface area contributed by atoms with Gasteiger partial charge in [-0.05, 0) is 80.5 Å². The number of fused-ring (bicyclic) bond motifs is 4. The first kappa shape index (κ1) is 20.9. The van der Waals surface area contributed by atoms with Crippen molar-refractivity contribution in [2.75, 3.05) is 26.2 Å². The maximum atomic E-state index is 5.79. The third-order valence-electron chi connectivity index (χ3n) is 7.51. The summed E-state index contributed by atoms with van der Waals surface area (Å²) in [6.45, 7) is 8.35. The summed E-state index contributed by atoms with van der Waals surface area (Å²) in [5.41, 5.74) is 2.34. The van der Waals surface area contributed by atoms with Crippen molar-refractivity contribution in [2.24, 2.45) is 11.8 Å². The second-order valence-corrected chi connectivity index (χ2v) is 9.70. The number of hydrogen-bond acceptors (Lipinski definition) is 4. The van der Waals surface area contributed by atoms with E-state index in [4.69, 9.17) is 12.2 Å². The molecule has 4 fully saturated rings. The number of hydrogen-bond donors (Lipinski definition) is 3.